The number of rotatable bonds is 6. The van der Waals surface area contributed by atoms with E-state index in [1.54, 1.807) is 31.2 Å². The fourth-order valence-corrected chi connectivity index (χ4v) is 4.30. The van der Waals surface area contributed by atoms with Crippen LogP contribution in [0.25, 0.3) is 0 Å². The van der Waals surface area contributed by atoms with Gasteiger partial charge in [-0.15, -0.1) is 0 Å². The topological polar surface area (TPSA) is 66.9 Å². The first kappa shape index (κ1) is 21.2. The fourth-order valence-electron chi connectivity index (χ4n) is 3.37. The Morgan fingerprint density at radius 3 is 2.10 bits per heavy atom. The summed E-state index contributed by atoms with van der Waals surface area (Å²) >= 11 is 0. The third kappa shape index (κ3) is 5.09. The minimum atomic E-state index is -3.87. The molecule has 2 aromatic rings. The zero-order valence-electron chi connectivity index (χ0n) is 17.2. The smallest absolute Gasteiger partial charge is 0.339 e. The van der Waals surface area contributed by atoms with Gasteiger partial charge in [-0.1, -0.05) is 26.0 Å². The van der Waals surface area contributed by atoms with Crippen molar-refractivity contribution in [2.24, 2.45) is 0 Å². The van der Waals surface area contributed by atoms with E-state index in [-0.39, 0.29) is 16.6 Å². The highest BCUT2D eigenvalue weighted by molar-refractivity contribution is 7.87. The Balaban J connectivity index is 1.65. The van der Waals surface area contributed by atoms with Crippen molar-refractivity contribution in [3.63, 3.8) is 0 Å². The van der Waals surface area contributed by atoms with E-state index in [1.807, 2.05) is 29.2 Å². The van der Waals surface area contributed by atoms with Crippen LogP contribution in [0.3, 0.4) is 0 Å². The summed E-state index contributed by atoms with van der Waals surface area (Å²) in [5.41, 5.74) is 2.09. The second kappa shape index (κ2) is 8.86. The summed E-state index contributed by atoms with van der Waals surface area (Å²) in [6.45, 7) is 8.68. The Kier molecular flexibility index (Phi) is 6.47. The molecule has 156 valence electrons. The van der Waals surface area contributed by atoms with Crippen LogP contribution in [0.15, 0.2) is 53.4 Å². The minimum Gasteiger partial charge on any atom is -0.379 e. The Hall–Kier alpha value is -2.54. The number of carbonyl (C=O) groups excluding carboxylic acids is 1. The Labute approximate surface area is 173 Å². The van der Waals surface area contributed by atoms with Crippen LogP contribution < -0.4 is 9.08 Å². The molecular weight excluding hydrogens is 388 g/mol. The van der Waals surface area contributed by atoms with Gasteiger partial charge in [-0.3, -0.25) is 4.79 Å². The molecule has 0 aromatic heterocycles. The standard InChI is InChI=1S/C22H28N2O4S/c1-4-17(2)19-5-11-22(12-6-19)29(26,27)28-21-9-7-20(8-10-21)24-15-13-23(14-16-24)18(3)25/h5-12,17H,4,13-16H2,1-3H3. The first-order valence-electron chi connectivity index (χ1n) is 9.95. The lowest BCUT2D eigenvalue weighted by Gasteiger charge is -2.35. The number of piperazine rings is 1. The summed E-state index contributed by atoms with van der Waals surface area (Å²) in [6.07, 6.45) is 0.999. The number of anilines is 1. The van der Waals surface area contributed by atoms with Crippen molar-refractivity contribution in [1.29, 1.82) is 0 Å². The first-order chi connectivity index (χ1) is 13.8. The van der Waals surface area contributed by atoms with E-state index in [2.05, 4.69) is 18.7 Å². The van der Waals surface area contributed by atoms with Gasteiger partial charge in [-0.25, -0.2) is 0 Å². The molecule has 1 unspecified atom stereocenters. The third-order valence-corrected chi connectivity index (χ3v) is 6.74. The van der Waals surface area contributed by atoms with Gasteiger partial charge in [-0.05, 0) is 54.3 Å². The average molecular weight is 417 g/mol. The zero-order valence-corrected chi connectivity index (χ0v) is 18.0. The minimum absolute atomic E-state index is 0.0933. The molecule has 7 heteroatoms. The van der Waals surface area contributed by atoms with Crippen molar-refractivity contribution in [2.45, 2.75) is 38.0 Å². The molecule has 1 aliphatic heterocycles. The summed E-state index contributed by atoms with van der Waals surface area (Å²) < 4.78 is 30.4. The van der Waals surface area contributed by atoms with E-state index in [1.165, 1.54) is 0 Å². The van der Waals surface area contributed by atoms with Gasteiger partial charge < -0.3 is 14.0 Å². The van der Waals surface area contributed by atoms with Gasteiger partial charge in [0.2, 0.25) is 5.91 Å². The van der Waals surface area contributed by atoms with Crippen molar-refractivity contribution < 1.29 is 17.4 Å². The van der Waals surface area contributed by atoms with E-state index >= 15 is 0 Å². The molecule has 1 fully saturated rings. The molecule has 0 bridgehead atoms. The van der Waals surface area contributed by atoms with Crippen LogP contribution in [-0.2, 0) is 14.9 Å². The molecule has 3 rings (SSSR count). The number of carbonyl (C=O) groups is 1. The van der Waals surface area contributed by atoms with Crippen LogP contribution >= 0.6 is 0 Å². The summed E-state index contributed by atoms with van der Waals surface area (Å²) in [7, 11) is -3.87. The summed E-state index contributed by atoms with van der Waals surface area (Å²) in [5, 5.41) is 0. The Morgan fingerprint density at radius 2 is 1.59 bits per heavy atom. The van der Waals surface area contributed by atoms with Crippen molar-refractivity contribution in [3.05, 3.63) is 54.1 Å². The quantitative estimate of drug-likeness (QED) is 0.673. The molecule has 0 aliphatic carbocycles. The van der Waals surface area contributed by atoms with E-state index in [9.17, 15) is 13.2 Å². The molecule has 1 heterocycles. The van der Waals surface area contributed by atoms with E-state index < -0.39 is 10.1 Å². The second-order valence-electron chi connectivity index (χ2n) is 7.40. The van der Waals surface area contributed by atoms with Gasteiger partial charge in [0, 0.05) is 38.8 Å². The number of hydrogen-bond acceptors (Lipinski definition) is 5. The molecular formula is C22H28N2O4S. The number of hydrogen-bond donors (Lipinski definition) is 0. The molecule has 1 atom stereocenters. The van der Waals surface area contributed by atoms with Crippen LogP contribution in [0, 0.1) is 0 Å². The van der Waals surface area contributed by atoms with Crippen LogP contribution in [0.5, 0.6) is 5.75 Å². The van der Waals surface area contributed by atoms with E-state index in [0.717, 1.165) is 30.8 Å². The van der Waals surface area contributed by atoms with Gasteiger partial charge in [0.25, 0.3) is 0 Å². The molecule has 0 radical (unpaired) electrons. The normalized spacial score (nSPS) is 15.8. The monoisotopic (exact) mass is 416 g/mol. The summed E-state index contributed by atoms with van der Waals surface area (Å²) in [5.74, 6) is 0.760. The average Bonchev–Trinajstić information content (AvgIpc) is 2.73. The highest BCUT2D eigenvalue weighted by Gasteiger charge is 2.20. The van der Waals surface area contributed by atoms with Crippen LogP contribution in [0.4, 0.5) is 5.69 Å². The van der Waals surface area contributed by atoms with E-state index in [4.69, 9.17) is 4.18 Å². The predicted octanol–water partition coefficient (Wildman–Crippen LogP) is 3.64. The van der Waals surface area contributed by atoms with Crippen molar-refractivity contribution in [1.82, 2.24) is 4.90 Å². The number of benzene rings is 2. The van der Waals surface area contributed by atoms with Gasteiger partial charge >= 0.3 is 10.1 Å². The molecule has 1 amide bonds. The molecule has 1 saturated heterocycles. The molecule has 6 nitrogen and oxygen atoms in total. The summed E-state index contributed by atoms with van der Waals surface area (Å²) in [6, 6.07) is 13.9. The van der Waals surface area contributed by atoms with Crippen molar-refractivity contribution in [2.75, 3.05) is 31.1 Å². The van der Waals surface area contributed by atoms with Crippen molar-refractivity contribution >= 4 is 21.7 Å². The van der Waals surface area contributed by atoms with Crippen LogP contribution in [0.1, 0.15) is 38.7 Å². The molecule has 0 saturated carbocycles. The van der Waals surface area contributed by atoms with Gasteiger partial charge in [0.05, 0.1) is 0 Å². The third-order valence-electron chi connectivity index (χ3n) is 5.48. The summed E-state index contributed by atoms with van der Waals surface area (Å²) in [4.78, 5) is 15.6. The lowest BCUT2D eigenvalue weighted by molar-refractivity contribution is -0.129. The molecule has 0 spiro atoms. The zero-order chi connectivity index (χ0) is 21.0. The van der Waals surface area contributed by atoms with Crippen molar-refractivity contribution in [3.8, 4) is 5.75 Å². The maximum Gasteiger partial charge on any atom is 0.339 e. The fraction of sp³-hybridized carbons (Fsp3) is 0.409. The van der Waals surface area contributed by atoms with Gasteiger partial charge in [0.1, 0.15) is 10.6 Å². The largest absolute Gasteiger partial charge is 0.379 e. The SMILES string of the molecule is CCC(C)c1ccc(S(=O)(=O)Oc2ccc(N3CCN(C(C)=O)CC3)cc2)cc1. The molecule has 29 heavy (non-hydrogen) atoms. The molecule has 0 N–H and O–H groups in total. The highest BCUT2D eigenvalue weighted by atomic mass is 32.2. The first-order valence-corrected chi connectivity index (χ1v) is 11.4. The number of amides is 1. The maximum absolute atomic E-state index is 12.6. The van der Waals surface area contributed by atoms with E-state index in [0.29, 0.717) is 19.0 Å². The predicted molar refractivity (Wildman–Crippen MR) is 114 cm³/mol. The Bertz CT molecular complexity index is 932. The highest BCUT2D eigenvalue weighted by Crippen LogP contribution is 2.25. The maximum atomic E-state index is 12.6. The number of nitrogens with zero attached hydrogens (tertiary/aromatic N) is 2. The molecule has 2 aromatic carbocycles. The lowest BCUT2D eigenvalue weighted by Crippen LogP contribution is -2.48. The van der Waals surface area contributed by atoms with Crippen LogP contribution in [0.2, 0.25) is 0 Å². The second-order valence-corrected chi connectivity index (χ2v) is 8.95. The Morgan fingerprint density at radius 1 is 1.00 bits per heavy atom. The molecule has 1 aliphatic rings. The van der Waals surface area contributed by atoms with Gasteiger partial charge in [-0.2, -0.15) is 8.42 Å². The van der Waals surface area contributed by atoms with Gasteiger partial charge in [0.15, 0.2) is 0 Å². The lowest BCUT2D eigenvalue weighted by atomic mass is 9.99. The van der Waals surface area contributed by atoms with Crippen LogP contribution in [-0.4, -0.2) is 45.4 Å².